The second kappa shape index (κ2) is 9.45. The fraction of sp³-hybridized carbons (Fsp3) is 0.526. The van der Waals surface area contributed by atoms with Crippen LogP contribution in [0.15, 0.2) is 24.7 Å². The van der Waals surface area contributed by atoms with Crippen LogP contribution in [0.3, 0.4) is 0 Å². The number of nitrogens with one attached hydrogen (secondary N) is 1. The Hall–Kier alpha value is -2.25. The molecule has 0 saturated carbocycles. The van der Waals surface area contributed by atoms with Crippen LogP contribution in [0, 0.1) is 0 Å². The lowest BCUT2D eigenvalue weighted by Gasteiger charge is -2.19. The van der Waals surface area contributed by atoms with Crippen molar-refractivity contribution in [3.05, 3.63) is 41.5 Å². The van der Waals surface area contributed by atoms with E-state index in [1.807, 2.05) is 19.2 Å². The molecule has 1 aliphatic heterocycles. The van der Waals surface area contributed by atoms with Crippen molar-refractivity contribution in [2.45, 2.75) is 26.3 Å². The van der Waals surface area contributed by atoms with Crippen molar-refractivity contribution in [1.82, 2.24) is 19.9 Å². The Labute approximate surface area is 154 Å². The second-order valence-corrected chi connectivity index (χ2v) is 6.28. The van der Waals surface area contributed by atoms with Crippen LogP contribution in [0.1, 0.15) is 23.7 Å². The molecule has 0 atom stereocenters. The number of aromatic nitrogens is 3. The zero-order valence-electron chi connectivity index (χ0n) is 15.6. The summed E-state index contributed by atoms with van der Waals surface area (Å²) in [5, 5.41) is 3.37. The van der Waals surface area contributed by atoms with Crippen LogP contribution in [0.5, 0.6) is 5.88 Å². The maximum absolute atomic E-state index is 5.41. The summed E-state index contributed by atoms with van der Waals surface area (Å²) >= 11 is 0. The molecule has 1 aliphatic rings. The highest BCUT2D eigenvalue weighted by atomic mass is 16.5. The molecule has 26 heavy (non-hydrogen) atoms. The van der Waals surface area contributed by atoms with Gasteiger partial charge in [-0.1, -0.05) is 6.07 Å². The number of rotatable bonds is 8. The number of pyridine rings is 1. The minimum absolute atomic E-state index is 0.637. The van der Waals surface area contributed by atoms with Crippen molar-refractivity contribution in [3.8, 4) is 5.88 Å². The van der Waals surface area contributed by atoms with Gasteiger partial charge in [0.15, 0.2) is 0 Å². The molecule has 0 radical (unpaired) electrons. The average Bonchev–Trinajstić information content (AvgIpc) is 2.87. The maximum Gasteiger partial charge on any atom is 0.213 e. The molecule has 140 valence electrons. The van der Waals surface area contributed by atoms with Gasteiger partial charge in [-0.05, 0) is 18.9 Å². The van der Waals surface area contributed by atoms with E-state index in [4.69, 9.17) is 9.47 Å². The third-order valence-electron chi connectivity index (χ3n) is 4.47. The first-order chi connectivity index (χ1) is 12.8. The number of ether oxygens (including phenoxy) is 2. The summed E-state index contributed by atoms with van der Waals surface area (Å²) in [5.74, 6) is 1.62. The molecule has 0 aromatic carbocycles. The molecule has 3 heterocycles. The van der Waals surface area contributed by atoms with Gasteiger partial charge in [0.25, 0.3) is 0 Å². The van der Waals surface area contributed by atoms with Gasteiger partial charge in [-0.2, -0.15) is 0 Å². The van der Waals surface area contributed by atoms with Gasteiger partial charge in [0.1, 0.15) is 12.1 Å². The molecule has 2 aromatic rings. The number of fused-ring (bicyclic) bond motifs is 1. The molecule has 7 heteroatoms. The first-order valence-corrected chi connectivity index (χ1v) is 9.15. The average molecular weight is 357 g/mol. The molecular formula is C19H27N5O2. The Kier molecular flexibility index (Phi) is 6.74. The van der Waals surface area contributed by atoms with Crippen molar-refractivity contribution in [2.24, 2.45) is 0 Å². The Morgan fingerprint density at radius 3 is 2.81 bits per heavy atom. The van der Waals surface area contributed by atoms with E-state index in [9.17, 15) is 0 Å². The lowest BCUT2D eigenvalue weighted by molar-refractivity contribution is 0.210. The van der Waals surface area contributed by atoms with Crippen molar-refractivity contribution in [1.29, 1.82) is 0 Å². The molecule has 3 rings (SSSR count). The van der Waals surface area contributed by atoms with Gasteiger partial charge in [-0.15, -0.1) is 0 Å². The van der Waals surface area contributed by atoms with Crippen molar-refractivity contribution >= 4 is 5.82 Å². The highest BCUT2D eigenvalue weighted by Gasteiger charge is 2.18. The van der Waals surface area contributed by atoms with Gasteiger partial charge < -0.3 is 14.8 Å². The number of anilines is 1. The molecule has 1 N–H and O–H groups in total. The normalized spacial score (nSPS) is 14.5. The first kappa shape index (κ1) is 18.5. The van der Waals surface area contributed by atoms with Gasteiger partial charge in [-0.25, -0.2) is 15.0 Å². The zero-order valence-corrected chi connectivity index (χ0v) is 15.6. The molecule has 0 unspecified atom stereocenters. The van der Waals surface area contributed by atoms with E-state index >= 15 is 0 Å². The summed E-state index contributed by atoms with van der Waals surface area (Å²) in [7, 11) is 1.70. The summed E-state index contributed by atoms with van der Waals surface area (Å²) in [6.07, 6.45) is 5.43. The topological polar surface area (TPSA) is 72.4 Å². The molecule has 0 saturated heterocycles. The number of methoxy groups -OCH3 is 1. The molecule has 0 bridgehead atoms. The van der Waals surface area contributed by atoms with E-state index in [1.165, 1.54) is 11.1 Å². The number of hydrogen-bond acceptors (Lipinski definition) is 7. The number of nitrogens with zero attached hydrogens (tertiary/aromatic N) is 4. The van der Waals surface area contributed by atoms with E-state index in [2.05, 4.69) is 31.2 Å². The smallest absolute Gasteiger partial charge is 0.213 e. The molecule has 0 amide bonds. The van der Waals surface area contributed by atoms with Gasteiger partial charge >= 0.3 is 0 Å². The largest absolute Gasteiger partial charge is 0.478 e. The molecule has 0 spiro atoms. The molecular weight excluding hydrogens is 330 g/mol. The summed E-state index contributed by atoms with van der Waals surface area (Å²) < 4.78 is 10.5. The van der Waals surface area contributed by atoms with Crippen LogP contribution in [0.2, 0.25) is 0 Å². The summed E-state index contributed by atoms with van der Waals surface area (Å²) in [6.45, 7) is 6.86. The highest BCUT2D eigenvalue weighted by molar-refractivity contribution is 5.46. The van der Waals surface area contributed by atoms with E-state index in [-0.39, 0.29) is 0 Å². The molecule has 0 aliphatic carbocycles. The predicted molar refractivity (Wildman–Crippen MR) is 100 cm³/mol. The second-order valence-electron chi connectivity index (χ2n) is 6.28. The lowest BCUT2D eigenvalue weighted by atomic mass is 10.1. The Bertz CT molecular complexity index is 693. The highest BCUT2D eigenvalue weighted by Crippen LogP contribution is 2.21. The standard InChI is InChI=1S/C19H27N5O2/c1-3-26-18-5-4-15(12-21-18)13-24-9-6-16-17(7-10-24)22-14-23-19(16)20-8-11-25-2/h4-5,12,14H,3,6-11,13H2,1-2H3,(H,20,22,23). The van der Waals surface area contributed by atoms with Crippen molar-refractivity contribution in [3.63, 3.8) is 0 Å². The summed E-state index contributed by atoms with van der Waals surface area (Å²) in [4.78, 5) is 15.7. The van der Waals surface area contributed by atoms with Gasteiger partial charge in [0.2, 0.25) is 5.88 Å². The van der Waals surface area contributed by atoms with Crippen LogP contribution in [0.25, 0.3) is 0 Å². The van der Waals surface area contributed by atoms with Crippen LogP contribution in [-0.4, -0.2) is 59.8 Å². The van der Waals surface area contributed by atoms with Crippen molar-refractivity contribution < 1.29 is 9.47 Å². The van der Waals surface area contributed by atoms with E-state index in [1.54, 1.807) is 13.4 Å². The third-order valence-corrected chi connectivity index (χ3v) is 4.47. The van der Waals surface area contributed by atoms with Gasteiger partial charge in [-0.3, -0.25) is 4.90 Å². The fourth-order valence-electron chi connectivity index (χ4n) is 3.15. The Morgan fingerprint density at radius 1 is 1.15 bits per heavy atom. The van der Waals surface area contributed by atoms with E-state index in [0.29, 0.717) is 19.1 Å². The predicted octanol–water partition coefficient (Wildman–Crippen LogP) is 1.93. The summed E-state index contributed by atoms with van der Waals surface area (Å²) in [6, 6.07) is 4.03. The monoisotopic (exact) mass is 357 g/mol. The van der Waals surface area contributed by atoms with Crippen LogP contribution in [0.4, 0.5) is 5.82 Å². The lowest BCUT2D eigenvalue weighted by Crippen LogP contribution is -2.26. The van der Waals surface area contributed by atoms with Crippen LogP contribution >= 0.6 is 0 Å². The minimum Gasteiger partial charge on any atom is -0.478 e. The van der Waals surface area contributed by atoms with Crippen LogP contribution in [-0.2, 0) is 24.1 Å². The minimum atomic E-state index is 0.637. The summed E-state index contributed by atoms with van der Waals surface area (Å²) in [5.41, 5.74) is 3.58. The van der Waals surface area contributed by atoms with Gasteiger partial charge in [0, 0.05) is 57.5 Å². The van der Waals surface area contributed by atoms with E-state index < -0.39 is 0 Å². The fourth-order valence-corrected chi connectivity index (χ4v) is 3.15. The third kappa shape index (κ3) is 4.89. The number of hydrogen-bond donors (Lipinski definition) is 1. The maximum atomic E-state index is 5.41. The SMILES string of the molecule is CCOc1ccc(CN2CCc3ncnc(NCCOC)c3CC2)cn1. The molecule has 0 fully saturated rings. The Balaban J connectivity index is 1.61. The quantitative estimate of drug-likeness (QED) is 0.724. The van der Waals surface area contributed by atoms with Crippen molar-refractivity contribution in [2.75, 3.05) is 45.3 Å². The zero-order chi connectivity index (χ0) is 18.2. The first-order valence-electron chi connectivity index (χ1n) is 9.15. The molecule has 2 aromatic heterocycles. The van der Waals surface area contributed by atoms with Crippen LogP contribution < -0.4 is 10.1 Å². The Morgan fingerprint density at radius 2 is 2.04 bits per heavy atom. The molecule has 7 nitrogen and oxygen atoms in total. The van der Waals surface area contributed by atoms with E-state index in [0.717, 1.165) is 50.5 Å². The van der Waals surface area contributed by atoms with Gasteiger partial charge in [0.05, 0.1) is 18.9 Å².